The maximum atomic E-state index is 5.43. The van der Waals surface area contributed by atoms with Crippen LogP contribution in [0.1, 0.15) is 19.3 Å². The standard InChI is InChI=1S/C9H18BrNO/c1-11-7-5-9(12-2)8(11)4-3-6-10/h8-9H,3-7H2,1-2H3. The smallest absolute Gasteiger partial charge is 0.0738 e. The van der Waals surface area contributed by atoms with Gasteiger partial charge >= 0.3 is 0 Å². The zero-order valence-corrected chi connectivity index (χ0v) is 9.51. The van der Waals surface area contributed by atoms with Crippen molar-refractivity contribution in [1.82, 2.24) is 4.90 Å². The summed E-state index contributed by atoms with van der Waals surface area (Å²) in [7, 11) is 4.02. The second-order valence-corrected chi connectivity index (χ2v) is 4.23. The van der Waals surface area contributed by atoms with Gasteiger partial charge in [-0.25, -0.2) is 0 Å². The summed E-state index contributed by atoms with van der Waals surface area (Å²) in [6.45, 7) is 1.19. The van der Waals surface area contributed by atoms with E-state index in [0.717, 1.165) is 5.33 Å². The van der Waals surface area contributed by atoms with E-state index in [0.29, 0.717) is 12.1 Å². The van der Waals surface area contributed by atoms with Gasteiger partial charge in [-0.15, -0.1) is 0 Å². The van der Waals surface area contributed by atoms with Crippen molar-refractivity contribution in [1.29, 1.82) is 0 Å². The van der Waals surface area contributed by atoms with Gasteiger partial charge in [0, 0.05) is 25.0 Å². The molecule has 1 heterocycles. The van der Waals surface area contributed by atoms with Crippen LogP contribution in [-0.2, 0) is 4.74 Å². The summed E-state index contributed by atoms with van der Waals surface area (Å²) in [5.74, 6) is 0. The molecule has 1 rings (SSSR count). The van der Waals surface area contributed by atoms with Gasteiger partial charge in [-0.3, -0.25) is 0 Å². The molecule has 3 heteroatoms. The lowest BCUT2D eigenvalue weighted by molar-refractivity contribution is 0.0683. The largest absolute Gasteiger partial charge is 0.380 e. The van der Waals surface area contributed by atoms with Crippen molar-refractivity contribution in [2.24, 2.45) is 0 Å². The highest BCUT2D eigenvalue weighted by atomic mass is 79.9. The molecule has 0 amide bonds. The lowest BCUT2D eigenvalue weighted by Crippen LogP contribution is -2.33. The molecule has 1 aliphatic rings. The molecule has 0 aromatic heterocycles. The number of halogens is 1. The van der Waals surface area contributed by atoms with Crippen LogP contribution >= 0.6 is 15.9 Å². The molecule has 0 saturated carbocycles. The number of ether oxygens (including phenoxy) is 1. The molecule has 2 atom stereocenters. The third-order valence-electron chi connectivity index (χ3n) is 2.70. The van der Waals surface area contributed by atoms with Crippen LogP contribution in [0.25, 0.3) is 0 Å². The van der Waals surface area contributed by atoms with Crippen molar-refractivity contribution in [2.45, 2.75) is 31.4 Å². The van der Waals surface area contributed by atoms with E-state index in [1.807, 2.05) is 7.11 Å². The molecule has 0 spiro atoms. The predicted octanol–water partition coefficient (Wildman–Crippen LogP) is 1.88. The summed E-state index contributed by atoms with van der Waals surface area (Å²) in [6.07, 6.45) is 4.16. The summed E-state index contributed by atoms with van der Waals surface area (Å²) in [4.78, 5) is 2.41. The number of hydrogen-bond acceptors (Lipinski definition) is 2. The normalized spacial score (nSPS) is 31.2. The van der Waals surface area contributed by atoms with Gasteiger partial charge in [-0.05, 0) is 26.3 Å². The Hall–Kier alpha value is 0.400. The maximum Gasteiger partial charge on any atom is 0.0738 e. The molecule has 1 aliphatic heterocycles. The van der Waals surface area contributed by atoms with Crippen LogP contribution in [0.5, 0.6) is 0 Å². The van der Waals surface area contributed by atoms with Gasteiger partial charge in [0.05, 0.1) is 6.10 Å². The van der Waals surface area contributed by atoms with Crippen molar-refractivity contribution in [3.8, 4) is 0 Å². The van der Waals surface area contributed by atoms with Crippen LogP contribution in [0.4, 0.5) is 0 Å². The van der Waals surface area contributed by atoms with E-state index in [-0.39, 0.29) is 0 Å². The molecule has 2 nitrogen and oxygen atoms in total. The minimum Gasteiger partial charge on any atom is -0.380 e. The van der Waals surface area contributed by atoms with Gasteiger partial charge < -0.3 is 9.64 Å². The minimum atomic E-state index is 0.467. The second-order valence-electron chi connectivity index (χ2n) is 3.44. The van der Waals surface area contributed by atoms with Crippen LogP contribution in [0.2, 0.25) is 0 Å². The number of alkyl halides is 1. The highest BCUT2D eigenvalue weighted by Gasteiger charge is 2.30. The Balaban J connectivity index is 2.35. The fourth-order valence-corrected chi connectivity index (χ4v) is 2.26. The molecule has 2 unspecified atom stereocenters. The lowest BCUT2D eigenvalue weighted by atomic mass is 10.1. The summed E-state index contributed by atoms with van der Waals surface area (Å²) in [5.41, 5.74) is 0. The van der Waals surface area contributed by atoms with Crippen molar-refractivity contribution < 1.29 is 4.74 Å². The SMILES string of the molecule is COC1CCN(C)C1CCCBr. The first-order valence-corrected chi connectivity index (χ1v) is 5.70. The van der Waals surface area contributed by atoms with E-state index in [9.17, 15) is 0 Å². The van der Waals surface area contributed by atoms with Gasteiger partial charge in [-0.2, -0.15) is 0 Å². The molecule has 0 radical (unpaired) electrons. The van der Waals surface area contributed by atoms with Crippen LogP contribution < -0.4 is 0 Å². The van der Waals surface area contributed by atoms with E-state index in [1.54, 1.807) is 0 Å². The van der Waals surface area contributed by atoms with Crippen LogP contribution in [-0.4, -0.2) is 43.1 Å². The molecule has 0 aromatic carbocycles. The van der Waals surface area contributed by atoms with E-state index >= 15 is 0 Å². The summed E-state index contributed by atoms with van der Waals surface area (Å²) in [6, 6.07) is 0.646. The van der Waals surface area contributed by atoms with Crippen molar-refractivity contribution in [3.05, 3.63) is 0 Å². The average molecular weight is 236 g/mol. The molecule has 0 bridgehead atoms. The fraction of sp³-hybridized carbons (Fsp3) is 1.00. The number of likely N-dealkylation sites (tertiary alicyclic amines) is 1. The molecular formula is C9H18BrNO. The van der Waals surface area contributed by atoms with Crippen LogP contribution in [0.3, 0.4) is 0 Å². The average Bonchev–Trinajstić information content (AvgIpc) is 2.43. The molecule has 1 fully saturated rings. The Kier molecular flexibility index (Phi) is 4.54. The third kappa shape index (κ3) is 2.44. The Morgan fingerprint density at radius 2 is 2.33 bits per heavy atom. The third-order valence-corrected chi connectivity index (χ3v) is 3.26. The van der Waals surface area contributed by atoms with Crippen molar-refractivity contribution >= 4 is 15.9 Å². The topological polar surface area (TPSA) is 12.5 Å². The van der Waals surface area contributed by atoms with Gasteiger partial charge in [0.1, 0.15) is 0 Å². The van der Waals surface area contributed by atoms with E-state index < -0.39 is 0 Å². The van der Waals surface area contributed by atoms with Crippen molar-refractivity contribution in [3.63, 3.8) is 0 Å². The second kappa shape index (κ2) is 5.20. The van der Waals surface area contributed by atoms with E-state index in [1.165, 1.54) is 25.8 Å². The Morgan fingerprint density at radius 1 is 1.58 bits per heavy atom. The predicted molar refractivity (Wildman–Crippen MR) is 54.9 cm³/mol. The van der Waals surface area contributed by atoms with E-state index in [2.05, 4.69) is 27.9 Å². The highest BCUT2D eigenvalue weighted by molar-refractivity contribution is 9.09. The zero-order valence-electron chi connectivity index (χ0n) is 7.92. The minimum absolute atomic E-state index is 0.467. The number of likely N-dealkylation sites (N-methyl/N-ethyl adjacent to an activating group) is 1. The number of nitrogens with zero attached hydrogens (tertiary/aromatic N) is 1. The lowest BCUT2D eigenvalue weighted by Gasteiger charge is -2.23. The molecule has 0 aromatic rings. The van der Waals surface area contributed by atoms with Gasteiger partial charge in [0.25, 0.3) is 0 Å². The first kappa shape index (κ1) is 10.5. The number of rotatable bonds is 4. The zero-order chi connectivity index (χ0) is 8.97. The first-order valence-electron chi connectivity index (χ1n) is 4.58. The number of hydrogen-bond donors (Lipinski definition) is 0. The summed E-state index contributed by atoms with van der Waals surface area (Å²) < 4.78 is 5.43. The van der Waals surface area contributed by atoms with Gasteiger partial charge in [-0.1, -0.05) is 15.9 Å². The monoisotopic (exact) mass is 235 g/mol. The van der Waals surface area contributed by atoms with Crippen LogP contribution in [0, 0.1) is 0 Å². The Morgan fingerprint density at radius 3 is 2.92 bits per heavy atom. The van der Waals surface area contributed by atoms with Crippen molar-refractivity contribution in [2.75, 3.05) is 26.0 Å². The molecule has 0 N–H and O–H groups in total. The van der Waals surface area contributed by atoms with Gasteiger partial charge in [0.15, 0.2) is 0 Å². The number of methoxy groups -OCH3 is 1. The molecule has 0 aliphatic carbocycles. The summed E-state index contributed by atoms with van der Waals surface area (Å²) >= 11 is 3.46. The molecule has 12 heavy (non-hydrogen) atoms. The quantitative estimate of drug-likeness (QED) is 0.691. The highest BCUT2D eigenvalue weighted by Crippen LogP contribution is 2.22. The van der Waals surface area contributed by atoms with E-state index in [4.69, 9.17) is 4.74 Å². The first-order chi connectivity index (χ1) is 5.79. The summed E-state index contributed by atoms with van der Waals surface area (Å²) in [5, 5.41) is 1.10. The Bertz CT molecular complexity index is 132. The molecular weight excluding hydrogens is 218 g/mol. The maximum absolute atomic E-state index is 5.43. The Labute approximate surface area is 83.4 Å². The molecule has 72 valence electrons. The fourth-order valence-electron chi connectivity index (χ4n) is 1.94. The van der Waals surface area contributed by atoms with Crippen LogP contribution in [0.15, 0.2) is 0 Å². The van der Waals surface area contributed by atoms with Gasteiger partial charge in [0.2, 0.25) is 0 Å². The molecule has 1 saturated heterocycles.